The zero-order valence-corrected chi connectivity index (χ0v) is 56.0. The van der Waals surface area contributed by atoms with E-state index in [1.165, 1.54) is 46.5 Å². The molecule has 8 aromatic carbocycles. The molecule has 0 nitrogen and oxygen atoms in total. The number of halogens is 10. The summed E-state index contributed by atoms with van der Waals surface area (Å²) in [6, 6.07) is 55.5. The van der Waals surface area contributed by atoms with Crippen LogP contribution in [0.4, 0.5) is 13.2 Å². The van der Waals surface area contributed by atoms with E-state index in [0.717, 1.165) is 47.4 Å². The minimum atomic E-state index is -0.163. The average molecular weight is 1260 g/mol. The third-order valence-corrected chi connectivity index (χ3v) is 14.7. The first-order valence-electron chi connectivity index (χ1n) is 27.9. The van der Waals surface area contributed by atoms with Crippen LogP contribution in [0.2, 0.25) is 35.2 Å². The lowest BCUT2D eigenvalue weighted by molar-refractivity contribution is 0.598. The number of hydrogen-bond acceptors (Lipinski definition) is 0. The SMILES string of the molecule is CC(C)c1c(Cl)cccc1Cl.CC(C)c1ccc(Cl)cc1.CC(C)c1ccc(F)cc1.CC(C)c1cccc(Cl)c1.CC(C)c1cccc(Cl)c1Cl.CC(C)c1cccc(F)c1.CC(C)c1ccccc1Cl.CC(C)c1ccccc1F. The van der Waals surface area contributed by atoms with E-state index in [1.54, 1.807) is 24.3 Å². The fourth-order valence-corrected chi connectivity index (χ4v) is 9.38. The summed E-state index contributed by atoms with van der Waals surface area (Å²) in [7, 11) is 0. The Morgan fingerprint density at radius 3 is 0.988 bits per heavy atom. The lowest BCUT2D eigenvalue weighted by Gasteiger charge is -2.09. The summed E-state index contributed by atoms with van der Waals surface area (Å²) in [5.74, 6) is 3.27. The lowest BCUT2D eigenvalue weighted by atomic mass is 10.0. The van der Waals surface area contributed by atoms with Gasteiger partial charge in [0.15, 0.2) is 0 Å². The zero-order chi connectivity index (χ0) is 62.2. The molecule has 444 valence electrons. The van der Waals surface area contributed by atoms with E-state index in [0.29, 0.717) is 51.5 Å². The van der Waals surface area contributed by atoms with Crippen LogP contribution in [0.25, 0.3) is 0 Å². The summed E-state index contributed by atoms with van der Waals surface area (Å²) < 4.78 is 37.7. The van der Waals surface area contributed by atoms with E-state index in [1.807, 2.05) is 123 Å². The Balaban J connectivity index is 0.000000469. The van der Waals surface area contributed by atoms with Gasteiger partial charge in [-0.05, 0) is 171 Å². The molecule has 0 heterocycles. The van der Waals surface area contributed by atoms with Gasteiger partial charge in [-0.25, -0.2) is 13.2 Å². The number of hydrogen-bond donors (Lipinski definition) is 0. The normalized spacial score (nSPS) is 10.5. The van der Waals surface area contributed by atoms with Gasteiger partial charge in [0.05, 0.1) is 10.0 Å². The lowest BCUT2D eigenvalue weighted by Crippen LogP contribution is -1.90. The van der Waals surface area contributed by atoms with Crippen molar-refractivity contribution in [1.29, 1.82) is 0 Å². The number of rotatable bonds is 8. The van der Waals surface area contributed by atoms with Gasteiger partial charge in [-0.15, -0.1) is 0 Å². The Morgan fingerprint density at radius 1 is 0.256 bits per heavy atom. The van der Waals surface area contributed by atoms with Crippen LogP contribution in [0.5, 0.6) is 0 Å². The van der Waals surface area contributed by atoms with Crippen LogP contribution in [0, 0.1) is 17.5 Å². The summed E-state index contributed by atoms with van der Waals surface area (Å²) in [5.41, 5.74) is 9.04. The van der Waals surface area contributed by atoms with Crippen LogP contribution in [-0.2, 0) is 0 Å². The standard InChI is InChI=1S/2C9H10Cl2.3C9H11Cl.3C9H11F/c1-6(2)9-7(10)4-3-5-8(9)11;1-6(2)7-4-3-5-8(10)9(7)11;1-7(2)8-3-5-9(10)6-4-8;1-7(2)8-4-3-5-9(10)6-8;1-7(2)8-5-3-4-6-9(8)10;1-7(2)8-3-5-9(10)6-4-8;1-7(2)8-4-3-5-9(10)6-8;1-7(2)8-5-3-4-6-9(8)10/h2*3-6H,1-2H3;6*3-7H,1-2H3. The fraction of sp³-hybridized carbons (Fsp3) is 0.333. The molecule has 0 amide bonds. The van der Waals surface area contributed by atoms with Crippen LogP contribution in [0.15, 0.2) is 182 Å². The quantitative estimate of drug-likeness (QED) is 0.142. The minimum Gasteiger partial charge on any atom is -0.207 e. The Hall–Kier alpha value is -4.42. The molecular formula is C72H86Cl7F3. The predicted molar refractivity (Wildman–Crippen MR) is 359 cm³/mol. The Labute approximate surface area is 527 Å². The Bertz CT molecular complexity index is 2830. The highest BCUT2D eigenvalue weighted by molar-refractivity contribution is 6.42. The maximum Gasteiger partial charge on any atom is 0.126 e. The van der Waals surface area contributed by atoms with Crippen LogP contribution in [0.3, 0.4) is 0 Å². The summed E-state index contributed by atoms with van der Waals surface area (Å²) in [4.78, 5) is 0. The molecule has 8 aromatic rings. The second-order valence-electron chi connectivity index (χ2n) is 21.8. The Morgan fingerprint density at radius 2 is 0.634 bits per heavy atom. The van der Waals surface area contributed by atoms with Crippen molar-refractivity contribution in [1.82, 2.24) is 0 Å². The van der Waals surface area contributed by atoms with Crippen LogP contribution >= 0.6 is 81.2 Å². The third-order valence-electron chi connectivity index (χ3n) is 12.3. The molecule has 0 bridgehead atoms. The molecule has 0 aromatic heterocycles. The summed E-state index contributed by atoms with van der Waals surface area (Å²) in [6.07, 6.45) is 0. The first kappa shape index (κ1) is 75.6. The van der Waals surface area contributed by atoms with Crippen molar-refractivity contribution < 1.29 is 13.2 Å². The van der Waals surface area contributed by atoms with Crippen LogP contribution in [-0.4, -0.2) is 0 Å². The van der Waals surface area contributed by atoms with E-state index in [9.17, 15) is 13.2 Å². The maximum atomic E-state index is 12.8. The largest absolute Gasteiger partial charge is 0.207 e. The van der Waals surface area contributed by atoms with Gasteiger partial charge in [-0.3, -0.25) is 0 Å². The highest BCUT2D eigenvalue weighted by Crippen LogP contribution is 2.32. The van der Waals surface area contributed by atoms with Gasteiger partial charge in [0.2, 0.25) is 0 Å². The first-order chi connectivity index (χ1) is 38.5. The molecular weight excluding hydrogens is 1170 g/mol. The topological polar surface area (TPSA) is 0 Å². The van der Waals surface area contributed by atoms with Crippen molar-refractivity contribution in [3.63, 3.8) is 0 Å². The maximum absolute atomic E-state index is 12.8. The van der Waals surface area contributed by atoms with E-state index in [4.69, 9.17) is 81.2 Å². The fourth-order valence-electron chi connectivity index (χ4n) is 7.34. The molecule has 0 unspecified atom stereocenters. The van der Waals surface area contributed by atoms with Crippen molar-refractivity contribution in [2.24, 2.45) is 0 Å². The van der Waals surface area contributed by atoms with E-state index < -0.39 is 0 Å². The number of benzene rings is 8. The summed E-state index contributed by atoms with van der Waals surface area (Å²) in [5, 5.41) is 5.34. The van der Waals surface area contributed by atoms with Gasteiger partial charge in [0.1, 0.15) is 17.5 Å². The zero-order valence-electron chi connectivity index (χ0n) is 50.7. The van der Waals surface area contributed by atoms with Crippen molar-refractivity contribution in [3.05, 3.63) is 279 Å². The molecule has 82 heavy (non-hydrogen) atoms. The molecule has 0 spiro atoms. The highest BCUT2D eigenvalue weighted by Gasteiger charge is 2.09. The molecule has 0 saturated carbocycles. The molecule has 0 aliphatic heterocycles. The van der Waals surface area contributed by atoms with Crippen molar-refractivity contribution in [2.45, 2.75) is 158 Å². The molecule has 0 fully saturated rings. The summed E-state index contributed by atoms with van der Waals surface area (Å²) in [6.45, 7) is 33.5. The molecule has 0 N–H and O–H groups in total. The molecule has 0 aliphatic rings. The third kappa shape index (κ3) is 30.4. The van der Waals surface area contributed by atoms with Gasteiger partial charge in [-0.2, -0.15) is 0 Å². The van der Waals surface area contributed by atoms with Crippen LogP contribution in [0.1, 0.15) is 203 Å². The van der Waals surface area contributed by atoms with E-state index in [-0.39, 0.29) is 23.4 Å². The second kappa shape index (κ2) is 40.8. The summed E-state index contributed by atoms with van der Waals surface area (Å²) >= 11 is 41.1. The second-order valence-corrected chi connectivity index (χ2v) is 24.7. The minimum absolute atomic E-state index is 0.0995. The monoisotopic (exact) mass is 1250 g/mol. The van der Waals surface area contributed by atoms with Gasteiger partial charge in [-0.1, -0.05) is 295 Å². The van der Waals surface area contributed by atoms with Gasteiger partial charge in [0, 0.05) is 25.1 Å². The molecule has 10 heteroatoms. The predicted octanol–water partition coefficient (Wildman–Crippen LogP) is 27.5. The molecule has 0 atom stereocenters. The van der Waals surface area contributed by atoms with Gasteiger partial charge < -0.3 is 0 Å². The van der Waals surface area contributed by atoms with Crippen LogP contribution < -0.4 is 0 Å². The van der Waals surface area contributed by atoms with Gasteiger partial charge in [0.25, 0.3) is 0 Å². The highest BCUT2D eigenvalue weighted by atomic mass is 35.5. The van der Waals surface area contributed by atoms with Crippen molar-refractivity contribution >= 4 is 81.2 Å². The molecule has 0 aliphatic carbocycles. The smallest absolute Gasteiger partial charge is 0.126 e. The van der Waals surface area contributed by atoms with Crippen molar-refractivity contribution in [2.75, 3.05) is 0 Å². The molecule has 8 rings (SSSR count). The molecule has 0 radical (unpaired) electrons. The average Bonchev–Trinajstić information content (AvgIpc) is 3.42. The first-order valence-corrected chi connectivity index (χ1v) is 30.5. The van der Waals surface area contributed by atoms with Gasteiger partial charge >= 0.3 is 0 Å². The Kier molecular flexibility index (Phi) is 37.6. The van der Waals surface area contributed by atoms with E-state index in [2.05, 4.69) is 121 Å². The van der Waals surface area contributed by atoms with E-state index >= 15 is 0 Å². The van der Waals surface area contributed by atoms with Crippen molar-refractivity contribution in [3.8, 4) is 0 Å². The molecule has 0 saturated heterocycles.